The van der Waals surface area contributed by atoms with Gasteiger partial charge in [0.05, 0.1) is 17.3 Å². The van der Waals surface area contributed by atoms with E-state index < -0.39 is 17.7 Å². The van der Waals surface area contributed by atoms with Crippen LogP contribution in [0.5, 0.6) is 0 Å². The monoisotopic (exact) mass is 441 g/mol. The number of aromatic nitrogens is 2. The van der Waals surface area contributed by atoms with Gasteiger partial charge in [0.2, 0.25) is 11.8 Å². The highest BCUT2D eigenvalue weighted by molar-refractivity contribution is 5.94. The van der Waals surface area contributed by atoms with Crippen molar-refractivity contribution < 1.29 is 18.7 Å². The van der Waals surface area contributed by atoms with Crippen molar-refractivity contribution in [1.29, 1.82) is 0 Å². The van der Waals surface area contributed by atoms with E-state index in [2.05, 4.69) is 27.8 Å². The molecule has 0 saturated carbocycles. The van der Waals surface area contributed by atoms with E-state index in [1.54, 1.807) is 0 Å². The molecule has 9 heteroatoms. The molecule has 0 aliphatic carbocycles. The Morgan fingerprint density at radius 2 is 2.03 bits per heavy atom. The van der Waals surface area contributed by atoms with Crippen LogP contribution >= 0.6 is 0 Å². The summed E-state index contributed by atoms with van der Waals surface area (Å²) in [5, 5.41) is 14.3. The lowest BCUT2D eigenvalue weighted by atomic mass is 9.95. The number of amides is 3. The number of fused-ring (bicyclic) bond motifs is 5. The molecule has 2 N–H and O–H groups in total. The van der Waals surface area contributed by atoms with E-state index in [4.69, 9.17) is 9.15 Å². The van der Waals surface area contributed by atoms with E-state index in [9.17, 15) is 9.59 Å². The van der Waals surface area contributed by atoms with Crippen LogP contribution in [0.4, 0.5) is 15.3 Å². The zero-order valence-electron chi connectivity index (χ0n) is 19.1. The first-order chi connectivity index (χ1) is 15.2. The van der Waals surface area contributed by atoms with E-state index in [1.165, 1.54) is 0 Å². The summed E-state index contributed by atoms with van der Waals surface area (Å²) in [7, 11) is 0. The first kappa shape index (κ1) is 22.1. The van der Waals surface area contributed by atoms with Gasteiger partial charge in [0, 0.05) is 6.54 Å². The van der Waals surface area contributed by atoms with Gasteiger partial charge in [0.15, 0.2) is 0 Å². The maximum atomic E-state index is 12.7. The smallest absolute Gasteiger partial charge is 0.408 e. The molecule has 1 fully saturated rings. The number of rotatable bonds is 1. The Bertz CT molecular complexity index is 983. The van der Waals surface area contributed by atoms with Gasteiger partial charge in [-0.2, -0.15) is 0 Å². The first-order valence-corrected chi connectivity index (χ1v) is 11.2. The molecule has 9 nitrogen and oxygen atoms in total. The fourth-order valence-corrected chi connectivity index (χ4v) is 4.02. The minimum atomic E-state index is -0.608. The second-order valence-electron chi connectivity index (χ2n) is 9.70. The normalized spacial score (nSPS) is 23.7. The number of urea groups is 1. The van der Waals surface area contributed by atoms with Gasteiger partial charge in [-0.3, -0.25) is 0 Å². The molecule has 2 aliphatic rings. The summed E-state index contributed by atoms with van der Waals surface area (Å²) >= 11 is 0. The third kappa shape index (κ3) is 5.38. The SMILES string of the molecule is C[C@H]1CCCC2CN2C(=O)Nc2ccccc2-c2nnc(o2)[C@@H](NC(=O)OC(C)(C)C)C1. The van der Waals surface area contributed by atoms with Crippen molar-refractivity contribution in [3.63, 3.8) is 0 Å². The number of carbonyl (C=O) groups excluding carboxylic acids is 2. The molecule has 0 spiro atoms. The topological polar surface area (TPSA) is 109 Å². The average molecular weight is 442 g/mol. The summed E-state index contributed by atoms with van der Waals surface area (Å²) in [5.74, 6) is 0.917. The highest BCUT2D eigenvalue weighted by atomic mass is 16.6. The van der Waals surface area contributed by atoms with Crippen LogP contribution in [0.1, 0.15) is 65.3 Å². The van der Waals surface area contributed by atoms with Gasteiger partial charge in [-0.15, -0.1) is 10.2 Å². The summed E-state index contributed by atoms with van der Waals surface area (Å²) in [6.07, 6.45) is 3.07. The second kappa shape index (κ2) is 8.80. The molecule has 32 heavy (non-hydrogen) atoms. The van der Waals surface area contributed by atoms with Gasteiger partial charge >= 0.3 is 12.1 Å². The van der Waals surface area contributed by atoms with Crippen LogP contribution in [0.3, 0.4) is 0 Å². The number of nitrogens with zero attached hydrogens (tertiary/aromatic N) is 3. The zero-order valence-corrected chi connectivity index (χ0v) is 19.1. The van der Waals surface area contributed by atoms with E-state index in [1.807, 2.05) is 49.9 Å². The number of alkyl carbamates (subject to hydrolysis) is 1. The Hall–Kier alpha value is -3.10. The molecule has 1 aromatic heterocycles. The average Bonchev–Trinajstić information content (AvgIpc) is 3.30. The van der Waals surface area contributed by atoms with Crippen LogP contribution < -0.4 is 10.6 Å². The van der Waals surface area contributed by atoms with Crippen molar-refractivity contribution in [2.24, 2.45) is 5.92 Å². The number of hydrogen-bond acceptors (Lipinski definition) is 6. The lowest BCUT2D eigenvalue weighted by Crippen LogP contribution is -2.35. The van der Waals surface area contributed by atoms with Crippen LogP contribution in [0, 0.1) is 5.92 Å². The lowest BCUT2D eigenvalue weighted by molar-refractivity contribution is 0.0487. The summed E-state index contributed by atoms with van der Waals surface area (Å²) in [4.78, 5) is 27.0. The minimum absolute atomic E-state index is 0.116. The minimum Gasteiger partial charge on any atom is -0.444 e. The summed E-state index contributed by atoms with van der Waals surface area (Å²) < 4.78 is 11.4. The van der Waals surface area contributed by atoms with Crippen molar-refractivity contribution in [2.75, 3.05) is 11.9 Å². The first-order valence-electron chi connectivity index (χ1n) is 11.2. The Morgan fingerprint density at radius 1 is 1.25 bits per heavy atom. The van der Waals surface area contributed by atoms with E-state index in [0.717, 1.165) is 25.8 Å². The molecule has 0 radical (unpaired) electrons. The molecule has 2 bridgehead atoms. The van der Waals surface area contributed by atoms with Gasteiger partial charge in [-0.1, -0.05) is 31.9 Å². The fraction of sp³-hybridized carbons (Fsp3) is 0.565. The summed E-state index contributed by atoms with van der Waals surface area (Å²) in [6.45, 7) is 8.39. The highest BCUT2D eigenvalue weighted by Gasteiger charge is 2.38. The highest BCUT2D eigenvalue weighted by Crippen LogP contribution is 2.33. The summed E-state index contributed by atoms with van der Waals surface area (Å²) in [5.41, 5.74) is 0.637. The Kier molecular flexibility index (Phi) is 6.08. The second-order valence-corrected chi connectivity index (χ2v) is 9.70. The molecule has 3 heterocycles. The molecular formula is C23H31N5O4. The van der Waals surface area contributed by atoms with Crippen molar-refractivity contribution in [3.8, 4) is 11.5 Å². The van der Waals surface area contributed by atoms with Crippen LogP contribution in [-0.4, -0.2) is 45.4 Å². The van der Waals surface area contributed by atoms with Crippen molar-refractivity contribution in [2.45, 2.75) is 71.1 Å². The Morgan fingerprint density at radius 3 is 2.81 bits per heavy atom. The van der Waals surface area contributed by atoms with Crippen LogP contribution in [0.15, 0.2) is 28.7 Å². The number of hydrogen-bond donors (Lipinski definition) is 2. The van der Waals surface area contributed by atoms with E-state index >= 15 is 0 Å². The number of benzene rings is 1. The number of carbonyl (C=O) groups is 2. The Labute approximate surface area is 187 Å². The molecule has 172 valence electrons. The number of ether oxygens (including phenoxy) is 1. The van der Waals surface area contributed by atoms with Gasteiger partial charge in [-0.25, -0.2) is 9.59 Å². The van der Waals surface area contributed by atoms with E-state index in [0.29, 0.717) is 29.5 Å². The predicted octanol–water partition coefficient (Wildman–Crippen LogP) is 4.73. The maximum absolute atomic E-state index is 12.7. The van der Waals surface area contributed by atoms with Crippen LogP contribution in [-0.2, 0) is 4.74 Å². The van der Waals surface area contributed by atoms with Crippen LogP contribution in [0.25, 0.3) is 11.5 Å². The third-order valence-corrected chi connectivity index (χ3v) is 5.68. The largest absolute Gasteiger partial charge is 0.444 e. The molecule has 1 aromatic carbocycles. The van der Waals surface area contributed by atoms with Gasteiger partial charge < -0.3 is 24.7 Å². The molecular weight excluding hydrogens is 410 g/mol. The molecule has 3 amide bonds. The molecule has 2 aliphatic heterocycles. The number of para-hydroxylation sites is 1. The lowest BCUT2D eigenvalue weighted by Gasteiger charge is -2.23. The quantitative estimate of drug-likeness (QED) is 0.619. The van der Waals surface area contributed by atoms with Gasteiger partial charge in [0.1, 0.15) is 11.6 Å². The van der Waals surface area contributed by atoms with Crippen LogP contribution in [0.2, 0.25) is 0 Å². The molecule has 1 unspecified atom stereocenters. The maximum Gasteiger partial charge on any atom is 0.408 e. The van der Waals surface area contributed by atoms with Gasteiger partial charge in [0.25, 0.3) is 0 Å². The zero-order chi connectivity index (χ0) is 22.9. The third-order valence-electron chi connectivity index (χ3n) is 5.68. The molecule has 2 aromatic rings. The predicted molar refractivity (Wildman–Crippen MR) is 119 cm³/mol. The fourth-order valence-electron chi connectivity index (χ4n) is 4.02. The van der Waals surface area contributed by atoms with Crippen molar-refractivity contribution in [3.05, 3.63) is 30.2 Å². The number of anilines is 1. The standard InChI is InChI=1S/C23H31N5O4/c1-14-8-7-9-15-13-28(15)21(29)24-17-11-6-5-10-16(17)19-26-27-20(31-19)18(12-14)25-22(30)32-23(2,3)4/h5-6,10-11,14-15,18H,7-9,12-13H2,1-4H3,(H,24,29)(H,25,30)/t14-,15?,18-,28?/m0/s1. The van der Waals surface area contributed by atoms with Crippen molar-refractivity contribution in [1.82, 2.24) is 20.4 Å². The molecule has 1 saturated heterocycles. The van der Waals surface area contributed by atoms with Gasteiger partial charge in [-0.05, 0) is 51.7 Å². The molecule has 4 rings (SSSR count). The molecule has 3 atom stereocenters. The Balaban J connectivity index is 1.63. The summed E-state index contributed by atoms with van der Waals surface area (Å²) in [6, 6.07) is 7.03. The number of nitrogens with one attached hydrogen (secondary N) is 2. The van der Waals surface area contributed by atoms with E-state index in [-0.39, 0.29) is 18.0 Å². The van der Waals surface area contributed by atoms with Crippen molar-refractivity contribution >= 4 is 17.8 Å².